The Bertz CT molecular complexity index is 1720. The summed E-state index contributed by atoms with van der Waals surface area (Å²) in [5.41, 5.74) is 0.849. The fourth-order valence-electron chi connectivity index (χ4n) is 7.00. The third-order valence-corrected chi connectivity index (χ3v) is 10.2. The highest BCUT2D eigenvalue weighted by Gasteiger charge is 2.44. The second-order valence-electron chi connectivity index (χ2n) is 13.5. The summed E-state index contributed by atoms with van der Waals surface area (Å²) in [6.45, 7) is 13.2. The van der Waals surface area contributed by atoms with Crippen LogP contribution in [0.1, 0.15) is 65.0 Å². The van der Waals surface area contributed by atoms with Crippen LogP contribution in [0.5, 0.6) is 0 Å². The molecule has 5 atom stereocenters. The molecule has 2 aromatic heterocycles. The molecule has 5 unspecified atom stereocenters. The van der Waals surface area contributed by atoms with Gasteiger partial charge in [-0.3, -0.25) is 10.2 Å². The Morgan fingerprint density at radius 1 is 0.980 bits per heavy atom. The van der Waals surface area contributed by atoms with Crippen molar-refractivity contribution in [2.45, 2.75) is 89.9 Å². The number of aromatic nitrogens is 6. The fourth-order valence-corrected chi connectivity index (χ4v) is 7.00. The van der Waals surface area contributed by atoms with E-state index in [1.54, 1.807) is 20.3 Å². The standard InChI is InChI=1S/C36H49F2N9O3/c1-5-26(3)47-35(48)46(25-42-47)31-12-10-30(11-13-31)44-17-15-43(16-18-44)29(6-2)9-7-27(4)49-21-32-20-40-36(50-32,22-45-24-39-23-41-45)33-14-8-28(37)19-34(33)38/h8,10-14,19,23-27,29,32,40H,5-7,9,15-18,20-22H2,1-4H3. The third kappa shape index (κ3) is 7.98. The molecule has 2 aliphatic heterocycles. The van der Waals surface area contributed by atoms with Gasteiger partial charge in [-0.1, -0.05) is 13.8 Å². The lowest BCUT2D eigenvalue weighted by molar-refractivity contribution is -0.102. The molecule has 14 heteroatoms. The molecule has 2 fully saturated rings. The predicted octanol–water partition coefficient (Wildman–Crippen LogP) is 4.50. The number of halogens is 2. The second kappa shape index (κ2) is 15.9. The van der Waals surface area contributed by atoms with Gasteiger partial charge < -0.3 is 14.4 Å². The molecule has 2 saturated heterocycles. The minimum absolute atomic E-state index is 0.0186. The van der Waals surface area contributed by atoms with E-state index >= 15 is 0 Å². The van der Waals surface area contributed by atoms with Gasteiger partial charge in [-0.05, 0) is 75.9 Å². The first-order valence-corrected chi connectivity index (χ1v) is 17.8. The predicted molar refractivity (Wildman–Crippen MR) is 186 cm³/mol. The molecular weight excluding hydrogens is 644 g/mol. The summed E-state index contributed by atoms with van der Waals surface area (Å²) >= 11 is 0. The molecule has 1 N–H and O–H groups in total. The first-order chi connectivity index (χ1) is 24.2. The van der Waals surface area contributed by atoms with E-state index in [-0.39, 0.29) is 36.0 Å². The Morgan fingerprint density at radius 3 is 2.42 bits per heavy atom. The van der Waals surface area contributed by atoms with Crippen LogP contribution < -0.4 is 15.9 Å². The maximum Gasteiger partial charge on any atom is 0.350 e. The van der Waals surface area contributed by atoms with Crippen molar-refractivity contribution in [2.24, 2.45) is 0 Å². The minimum atomic E-state index is -1.23. The largest absolute Gasteiger partial charge is 0.376 e. The second-order valence-corrected chi connectivity index (χ2v) is 13.5. The monoisotopic (exact) mass is 693 g/mol. The molecule has 6 rings (SSSR count). The van der Waals surface area contributed by atoms with Gasteiger partial charge in [0.15, 0.2) is 5.72 Å². The Balaban J connectivity index is 0.968. The highest BCUT2D eigenvalue weighted by molar-refractivity contribution is 5.51. The number of piperazine rings is 1. The molecule has 0 spiro atoms. The summed E-state index contributed by atoms with van der Waals surface area (Å²) in [6, 6.07) is 12.2. The van der Waals surface area contributed by atoms with E-state index in [0.29, 0.717) is 19.2 Å². The van der Waals surface area contributed by atoms with E-state index in [4.69, 9.17) is 9.47 Å². The fraction of sp³-hybridized carbons (Fsp3) is 0.556. The number of hydrogen-bond acceptors (Lipinski definition) is 9. The van der Waals surface area contributed by atoms with Crippen molar-refractivity contribution < 1.29 is 18.3 Å². The van der Waals surface area contributed by atoms with Crippen LogP contribution in [0.2, 0.25) is 0 Å². The highest BCUT2D eigenvalue weighted by atomic mass is 19.1. The van der Waals surface area contributed by atoms with Crippen LogP contribution in [0.25, 0.3) is 5.69 Å². The lowest BCUT2D eigenvalue weighted by Crippen LogP contribution is -2.50. The van der Waals surface area contributed by atoms with Gasteiger partial charge >= 0.3 is 5.69 Å². The van der Waals surface area contributed by atoms with Gasteiger partial charge in [0.1, 0.15) is 30.6 Å². The molecule has 0 radical (unpaired) electrons. The number of hydrogen-bond donors (Lipinski definition) is 1. The Kier molecular flexibility index (Phi) is 11.4. The number of rotatable bonds is 15. The van der Waals surface area contributed by atoms with Crippen molar-refractivity contribution in [3.63, 3.8) is 0 Å². The van der Waals surface area contributed by atoms with Gasteiger partial charge in [-0.15, -0.1) is 0 Å². The molecule has 0 saturated carbocycles. The summed E-state index contributed by atoms with van der Waals surface area (Å²) < 4.78 is 46.0. The molecule has 270 valence electrons. The first kappa shape index (κ1) is 35.8. The molecule has 0 amide bonds. The van der Waals surface area contributed by atoms with Gasteiger partial charge in [-0.2, -0.15) is 10.2 Å². The average Bonchev–Trinajstić information content (AvgIpc) is 3.89. The molecule has 2 aliphatic rings. The van der Waals surface area contributed by atoms with E-state index in [1.807, 2.05) is 26.0 Å². The van der Waals surface area contributed by atoms with Gasteiger partial charge in [0.05, 0.1) is 37.1 Å². The van der Waals surface area contributed by atoms with Crippen LogP contribution in [0.15, 0.2) is 66.2 Å². The van der Waals surface area contributed by atoms with Crippen molar-refractivity contribution in [1.29, 1.82) is 0 Å². The number of ether oxygens (including phenoxy) is 2. The highest BCUT2D eigenvalue weighted by Crippen LogP contribution is 2.33. The summed E-state index contributed by atoms with van der Waals surface area (Å²) in [5.74, 6) is -1.33. The normalized spacial score (nSPS) is 21.8. The first-order valence-electron chi connectivity index (χ1n) is 17.8. The topological polar surface area (TPSA) is 107 Å². The van der Waals surface area contributed by atoms with Crippen molar-refractivity contribution in [2.75, 3.05) is 44.2 Å². The third-order valence-electron chi connectivity index (χ3n) is 10.2. The zero-order chi connectivity index (χ0) is 35.3. The Labute approximate surface area is 292 Å². The van der Waals surface area contributed by atoms with Crippen molar-refractivity contribution in [3.8, 4) is 5.69 Å². The quantitative estimate of drug-likeness (QED) is 0.193. The average molecular weight is 694 g/mol. The molecule has 50 heavy (non-hydrogen) atoms. The lowest BCUT2D eigenvalue weighted by Gasteiger charge is -2.40. The van der Waals surface area contributed by atoms with E-state index in [1.165, 1.54) is 24.8 Å². The van der Waals surface area contributed by atoms with Crippen LogP contribution >= 0.6 is 0 Å². The van der Waals surface area contributed by atoms with Crippen LogP contribution in [0.3, 0.4) is 0 Å². The molecule has 2 aromatic carbocycles. The number of nitrogens with zero attached hydrogens (tertiary/aromatic N) is 8. The van der Waals surface area contributed by atoms with Gasteiger partial charge in [0, 0.05) is 56.1 Å². The van der Waals surface area contributed by atoms with Crippen molar-refractivity contribution >= 4 is 5.69 Å². The van der Waals surface area contributed by atoms with Crippen LogP contribution in [-0.4, -0.2) is 91.6 Å². The van der Waals surface area contributed by atoms with E-state index in [2.05, 4.69) is 56.3 Å². The summed E-state index contributed by atoms with van der Waals surface area (Å²) in [4.78, 5) is 21.8. The molecule has 0 bridgehead atoms. The summed E-state index contributed by atoms with van der Waals surface area (Å²) in [7, 11) is 0. The van der Waals surface area contributed by atoms with Crippen LogP contribution in [-0.2, 0) is 21.7 Å². The summed E-state index contributed by atoms with van der Waals surface area (Å²) in [5, 5.41) is 11.8. The van der Waals surface area contributed by atoms with Gasteiger partial charge in [0.25, 0.3) is 0 Å². The molecular formula is C36H49F2N9O3. The van der Waals surface area contributed by atoms with Crippen molar-refractivity contribution in [3.05, 3.63) is 89.1 Å². The Hall–Kier alpha value is -3.98. The molecule has 12 nitrogen and oxygen atoms in total. The maximum absolute atomic E-state index is 14.9. The van der Waals surface area contributed by atoms with E-state index in [9.17, 15) is 13.6 Å². The van der Waals surface area contributed by atoms with Gasteiger partial charge in [-0.25, -0.2) is 32.5 Å². The molecule has 0 aliphatic carbocycles. The number of benzene rings is 2. The molecule has 4 aromatic rings. The summed E-state index contributed by atoms with van der Waals surface area (Å²) in [6.07, 6.45) is 8.08. The smallest absolute Gasteiger partial charge is 0.350 e. The number of anilines is 1. The number of nitrogens with one attached hydrogen (secondary N) is 1. The van der Waals surface area contributed by atoms with Crippen LogP contribution in [0.4, 0.5) is 14.5 Å². The zero-order valence-electron chi connectivity index (χ0n) is 29.4. The lowest BCUT2D eigenvalue weighted by atomic mass is 10.0. The van der Waals surface area contributed by atoms with Crippen molar-refractivity contribution in [1.82, 2.24) is 39.3 Å². The Morgan fingerprint density at radius 2 is 1.74 bits per heavy atom. The van der Waals surface area contributed by atoms with E-state index < -0.39 is 17.4 Å². The minimum Gasteiger partial charge on any atom is -0.376 e. The van der Waals surface area contributed by atoms with E-state index in [0.717, 1.165) is 69.3 Å². The zero-order valence-corrected chi connectivity index (χ0v) is 29.4. The maximum atomic E-state index is 14.9. The van der Waals surface area contributed by atoms with Crippen LogP contribution in [0, 0.1) is 11.6 Å². The molecule has 4 heterocycles. The SMILES string of the molecule is CCC(CCC(C)OCC1CNC(Cn2cncn2)(c2ccc(F)cc2F)O1)N1CCN(c2ccc(-n3cnn(C(C)CC)c3=O)cc2)CC1. The van der Waals surface area contributed by atoms with Gasteiger partial charge in [0.2, 0.25) is 0 Å².